The molecule has 106 valence electrons. The first-order chi connectivity index (χ1) is 9.97. The summed E-state index contributed by atoms with van der Waals surface area (Å²) in [5, 5.41) is 14.5. The Kier molecular flexibility index (Phi) is 3.14. The summed E-state index contributed by atoms with van der Waals surface area (Å²) in [7, 11) is 1.81. The third-order valence-electron chi connectivity index (χ3n) is 3.30. The molecule has 0 radical (unpaired) electrons. The van der Waals surface area contributed by atoms with Crippen LogP contribution in [0.5, 0.6) is 0 Å². The number of carbonyl (C=O) groups is 1. The van der Waals surface area contributed by atoms with Gasteiger partial charge in [-0.05, 0) is 25.1 Å². The van der Waals surface area contributed by atoms with Crippen LogP contribution in [0.2, 0.25) is 5.02 Å². The Morgan fingerprint density at radius 3 is 2.76 bits per heavy atom. The van der Waals surface area contributed by atoms with Crippen LogP contribution < -0.4 is 0 Å². The molecule has 0 saturated heterocycles. The summed E-state index contributed by atoms with van der Waals surface area (Å²) < 4.78 is 1.68. The Labute approximate surface area is 125 Å². The van der Waals surface area contributed by atoms with E-state index in [0.29, 0.717) is 21.6 Å². The summed E-state index contributed by atoms with van der Waals surface area (Å²) in [4.78, 5) is 16.1. The third kappa shape index (κ3) is 2.25. The highest BCUT2D eigenvalue weighted by molar-refractivity contribution is 6.36. The van der Waals surface area contributed by atoms with E-state index in [9.17, 15) is 9.90 Å². The van der Waals surface area contributed by atoms with Gasteiger partial charge in [0.1, 0.15) is 0 Å². The predicted octanol–water partition coefficient (Wildman–Crippen LogP) is 3.30. The van der Waals surface area contributed by atoms with E-state index in [1.165, 1.54) is 0 Å². The molecule has 0 unspecified atom stereocenters. The highest BCUT2D eigenvalue weighted by Crippen LogP contribution is 2.30. The molecular weight excluding hydrogens is 290 g/mol. The number of rotatable bonds is 2. The van der Waals surface area contributed by atoms with Gasteiger partial charge in [0.2, 0.25) is 0 Å². The van der Waals surface area contributed by atoms with Crippen molar-refractivity contribution < 1.29 is 9.90 Å². The number of pyridine rings is 1. The fraction of sp³-hybridized carbons (Fsp3) is 0.133. The zero-order chi connectivity index (χ0) is 15.1. The van der Waals surface area contributed by atoms with E-state index < -0.39 is 5.97 Å². The van der Waals surface area contributed by atoms with Crippen LogP contribution in [0, 0.1) is 6.92 Å². The second-order valence-corrected chi connectivity index (χ2v) is 5.20. The molecule has 21 heavy (non-hydrogen) atoms. The SMILES string of the molecule is Cc1nn(C)cc1-c1cc(C(=O)O)c2c(Cl)cccc2n1. The lowest BCUT2D eigenvalue weighted by atomic mass is 10.0. The van der Waals surface area contributed by atoms with Crippen LogP contribution in [0.25, 0.3) is 22.2 Å². The molecule has 0 atom stereocenters. The lowest BCUT2D eigenvalue weighted by Gasteiger charge is -2.07. The molecule has 0 bridgehead atoms. The lowest BCUT2D eigenvalue weighted by Crippen LogP contribution is -2.01. The molecule has 0 spiro atoms. The Balaban J connectivity index is 2.36. The molecule has 2 heterocycles. The van der Waals surface area contributed by atoms with Gasteiger partial charge in [0.05, 0.1) is 27.5 Å². The van der Waals surface area contributed by atoms with Gasteiger partial charge < -0.3 is 5.11 Å². The first kappa shape index (κ1) is 13.6. The lowest BCUT2D eigenvalue weighted by molar-refractivity contribution is 0.0699. The molecule has 0 aliphatic heterocycles. The van der Waals surface area contributed by atoms with Crippen molar-refractivity contribution >= 4 is 28.5 Å². The zero-order valence-corrected chi connectivity index (χ0v) is 12.2. The van der Waals surface area contributed by atoms with E-state index in [1.54, 1.807) is 28.9 Å². The zero-order valence-electron chi connectivity index (χ0n) is 11.5. The number of carboxylic acids is 1. The molecule has 3 rings (SSSR count). The van der Waals surface area contributed by atoms with Crippen LogP contribution in [0.15, 0.2) is 30.5 Å². The van der Waals surface area contributed by atoms with Crippen molar-refractivity contribution in [1.82, 2.24) is 14.8 Å². The van der Waals surface area contributed by atoms with Crippen LogP contribution in [0.1, 0.15) is 16.1 Å². The van der Waals surface area contributed by atoms with E-state index in [4.69, 9.17) is 11.6 Å². The number of carboxylic acid groups (broad SMARTS) is 1. The number of hydrogen-bond acceptors (Lipinski definition) is 3. The minimum atomic E-state index is -1.03. The van der Waals surface area contributed by atoms with Crippen LogP contribution in [-0.4, -0.2) is 25.8 Å². The van der Waals surface area contributed by atoms with Gasteiger partial charge in [-0.25, -0.2) is 9.78 Å². The Bertz CT molecular complexity index is 871. The Hall–Kier alpha value is -2.40. The number of benzene rings is 1. The van der Waals surface area contributed by atoms with Crippen molar-refractivity contribution in [2.45, 2.75) is 6.92 Å². The summed E-state index contributed by atoms with van der Waals surface area (Å²) in [6.07, 6.45) is 1.82. The molecule has 5 nitrogen and oxygen atoms in total. The van der Waals surface area contributed by atoms with E-state index in [2.05, 4.69) is 10.1 Å². The number of aromatic nitrogens is 3. The first-order valence-corrected chi connectivity index (χ1v) is 6.68. The summed E-state index contributed by atoms with van der Waals surface area (Å²) in [6, 6.07) is 6.71. The van der Waals surface area contributed by atoms with Crippen molar-refractivity contribution in [2.75, 3.05) is 0 Å². The van der Waals surface area contributed by atoms with E-state index in [1.807, 2.05) is 20.2 Å². The van der Waals surface area contributed by atoms with Gasteiger partial charge in [0.25, 0.3) is 0 Å². The molecule has 6 heteroatoms. The third-order valence-corrected chi connectivity index (χ3v) is 3.62. The topological polar surface area (TPSA) is 68.0 Å². The molecule has 1 aromatic carbocycles. The number of hydrogen-bond donors (Lipinski definition) is 1. The summed E-state index contributed by atoms with van der Waals surface area (Å²) in [5.41, 5.74) is 2.88. The standard InChI is InChI=1S/C15H12ClN3O2/c1-8-10(7-19(2)18-8)13-6-9(15(20)21)14-11(16)4-3-5-12(14)17-13/h3-7H,1-2H3,(H,20,21). The van der Waals surface area contributed by atoms with Gasteiger partial charge >= 0.3 is 5.97 Å². The maximum Gasteiger partial charge on any atom is 0.336 e. The van der Waals surface area contributed by atoms with Crippen LogP contribution in [0.3, 0.4) is 0 Å². The van der Waals surface area contributed by atoms with Gasteiger partial charge in [0, 0.05) is 24.2 Å². The number of nitrogens with zero attached hydrogens (tertiary/aromatic N) is 3. The van der Waals surface area contributed by atoms with Crippen molar-refractivity contribution in [2.24, 2.45) is 7.05 Å². The van der Waals surface area contributed by atoms with Gasteiger partial charge in [-0.15, -0.1) is 0 Å². The molecule has 0 aliphatic rings. The Morgan fingerprint density at radius 2 is 2.14 bits per heavy atom. The maximum absolute atomic E-state index is 11.5. The molecule has 0 amide bonds. The van der Waals surface area contributed by atoms with Gasteiger partial charge in [-0.1, -0.05) is 17.7 Å². The molecule has 2 aromatic heterocycles. The highest BCUT2D eigenvalue weighted by Gasteiger charge is 2.17. The second-order valence-electron chi connectivity index (χ2n) is 4.80. The van der Waals surface area contributed by atoms with E-state index >= 15 is 0 Å². The van der Waals surface area contributed by atoms with Gasteiger partial charge in [-0.2, -0.15) is 5.10 Å². The number of fused-ring (bicyclic) bond motifs is 1. The molecular formula is C15H12ClN3O2. The minimum absolute atomic E-state index is 0.142. The summed E-state index contributed by atoms with van der Waals surface area (Å²) in [6.45, 7) is 1.86. The number of aryl methyl sites for hydroxylation is 2. The molecule has 0 saturated carbocycles. The average Bonchev–Trinajstić information content (AvgIpc) is 2.76. The molecule has 3 aromatic rings. The van der Waals surface area contributed by atoms with Crippen molar-refractivity contribution in [3.05, 3.63) is 46.7 Å². The largest absolute Gasteiger partial charge is 0.478 e. The summed E-state index contributed by atoms with van der Waals surface area (Å²) in [5.74, 6) is -1.03. The van der Waals surface area contributed by atoms with E-state index in [0.717, 1.165) is 11.3 Å². The second kappa shape index (κ2) is 4.86. The maximum atomic E-state index is 11.5. The monoisotopic (exact) mass is 301 g/mol. The average molecular weight is 302 g/mol. The van der Waals surface area contributed by atoms with Crippen molar-refractivity contribution in [3.8, 4) is 11.3 Å². The quantitative estimate of drug-likeness (QED) is 0.788. The van der Waals surface area contributed by atoms with Crippen LogP contribution >= 0.6 is 11.6 Å². The Morgan fingerprint density at radius 1 is 1.38 bits per heavy atom. The van der Waals surface area contributed by atoms with Crippen LogP contribution in [0.4, 0.5) is 0 Å². The number of halogens is 1. The van der Waals surface area contributed by atoms with Gasteiger partial charge in [0.15, 0.2) is 0 Å². The minimum Gasteiger partial charge on any atom is -0.478 e. The number of aromatic carboxylic acids is 1. The highest BCUT2D eigenvalue weighted by atomic mass is 35.5. The fourth-order valence-corrected chi connectivity index (χ4v) is 2.67. The van der Waals surface area contributed by atoms with Gasteiger partial charge in [-0.3, -0.25) is 4.68 Å². The van der Waals surface area contributed by atoms with Crippen molar-refractivity contribution in [1.29, 1.82) is 0 Å². The summed E-state index contributed by atoms with van der Waals surface area (Å²) >= 11 is 6.12. The smallest absolute Gasteiger partial charge is 0.336 e. The van der Waals surface area contributed by atoms with Crippen molar-refractivity contribution in [3.63, 3.8) is 0 Å². The first-order valence-electron chi connectivity index (χ1n) is 6.30. The molecule has 1 N–H and O–H groups in total. The molecule has 0 aliphatic carbocycles. The van der Waals surface area contributed by atoms with E-state index in [-0.39, 0.29) is 5.56 Å². The normalized spacial score (nSPS) is 11.0. The van der Waals surface area contributed by atoms with Crippen LogP contribution in [-0.2, 0) is 7.05 Å². The molecule has 0 fully saturated rings. The fourth-order valence-electron chi connectivity index (χ4n) is 2.40. The predicted molar refractivity (Wildman–Crippen MR) is 80.7 cm³/mol.